The molecular formula is C30H26N6O. The van der Waals surface area contributed by atoms with Gasteiger partial charge >= 0.3 is 0 Å². The zero-order chi connectivity index (χ0) is 25.2. The summed E-state index contributed by atoms with van der Waals surface area (Å²) in [7, 11) is 0. The molecule has 182 valence electrons. The number of aromatic nitrogens is 5. The number of nitrogens with one attached hydrogen (secondary N) is 1. The predicted molar refractivity (Wildman–Crippen MR) is 145 cm³/mol. The molecule has 1 atom stereocenters. The van der Waals surface area contributed by atoms with Crippen molar-refractivity contribution in [2.75, 3.05) is 5.32 Å². The lowest BCUT2D eigenvalue weighted by Gasteiger charge is -2.17. The van der Waals surface area contributed by atoms with Gasteiger partial charge in [0.1, 0.15) is 11.9 Å². The maximum absolute atomic E-state index is 11.5. The van der Waals surface area contributed by atoms with Gasteiger partial charge < -0.3 is 15.0 Å². The first kappa shape index (κ1) is 22.7. The molecule has 3 aromatic heterocycles. The molecule has 1 unspecified atom stereocenters. The van der Waals surface area contributed by atoms with E-state index in [9.17, 15) is 5.11 Å². The summed E-state index contributed by atoms with van der Waals surface area (Å²) in [6.45, 7) is 2.56. The number of aliphatic hydroxyl groups excluding tert-OH is 1. The molecule has 0 saturated carbocycles. The number of fused-ring (bicyclic) bond motifs is 1. The van der Waals surface area contributed by atoms with Gasteiger partial charge in [-0.2, -0.15) is 5.10 Å². The first-order chi connectivity index (χ1) is 18.2. The zero-order valence-electron chi connectivity index (χ0n) is 20.4. The van der Waals surface area contributed by atoms with Crippen LogP contribution in [-0.2, 0) is 6.54 Å². The fourth-order valence-corrected chi connectivity index (χ4v) is 4.66. The molecule has 0 aliphatic heterocycles. The topological polar surface area (TPSA) is 80.8 Å². The van der Waals surface area contributed by atoms with Crippen molar-refractivity contribution in [2.24, 2.45) is 0 Å². The fourth-order valence-electron chi connectivity index (χ4n) is 4.66. The predicted octanol–water partition coefficient (Wildman–Crippen LogP) is 5.80. The van der Waals surface area contributed by atoms with Crippen LogP contribution in [-0.4, -0.2) is 29.4 Å². The highest BCUT2D eigenvalue weighted by molar-refractivity contribution is 5.80. The lowest BCUT2D eigenvalue weighted by Crippen LogP contribution is -2.11. The number of para-hydroxylation sites is 3. The molecule has 0 spiro atoms. The van der Waals surface area contributed by atoms with Crippen molar-refractivity contribution in [3.05, 3.63) is 132 Å². The molecule has 0 amide bonds. The summed E-state index contributed by atoms with van der Waals surface area (Å²) in [4.78, 5) is 9.04. The van der Waals surface area contributed by atoms with Gasteiger partial charge in [-0.3, -0.25) is 4.98 Å². The highest BCUT2D eigenvalue weighted by Gasteiger charge is 2.25. The Bertz CT molecular complexity index is 1640. The SMILES string of the molecule is Cc1nn(-c2ccccc2)c(Nc2nc3ccccc3n2Cc2ccccc2)c1C(O)c1ccncc1. The van der Waals surface area contributed by atoms with Crippen molar-refractivity contribution < 1.29 is 5.11 Å². The molecule has 0 aliphatic rings. The Morgan fingerprint density at radius 2 is 1.51 bits per heavy atom. The smallest absolute Gasteiger partial charge is 0.209 e. The van der Waals surface area contributed by atoms with E-state index >= 15 is 0 Å². The van der Waals surface area contributed by atoms with Gasteiger partial charge in [0.25, 0.3) is 0 Å². The molecule has 0 fully saturated rings. The number of pyridine rings is 1. The number of nitrogens with zero attached hydrogens (tertiary/aromatic N) is 5. The van der Waals surface area contributed by atoms with E-state index in [1.807, 2.05) is 90.5 Å². The molecule has 6 aromatic rings. The molecule has 2 N–H and O–H groups in total. The number of aliphatic hydroxyl groups is 1. The van der Waals surface area contributed by atoms with Gasteiger partial charge in [0, 0.05) is 12.4 Å². The van der Waals surface area contributed by atoms with Crippen LogP contribution < -0.4 is 5.32 Å². The van der Waals surface area contributed by atoms with E-state index in [1.165, 1.54) is 5.56 Å². The second-order valence-corrected chi connectivity index (χ2v) is 8.90. The fraction of sp³-hybridized carbons (Fsp3) is 0.100. The van der Waals surface area contributed by atoms with E-state index in [2.05, 4.69) is 33.1 Å². The average Bonchev–Trinajstić information content (AvgIpc) is 3.46. The molecule has 3 aromatic carbocycles. The molecule has 0 bridgehead atoms. The van der Waals surface area contributed by atoms with Gasteiger partial charge in [-0.25, -0.2) is 9.67 Å². The Kier molecular flexibility index (Phi) is 5.96. The number of rotatable bonds is 7. The summed E-state index contributed by atoms with van der Waals surface area (Å²) in [5.74, 6) is 1.34. The summed E-state index contributed by atoms with van der Waals surface area (Å²) in [6, 6.07) is 31.9. The van der Waals surface area contributed by atoms with Gasteiger partial charge in [0.15, 0.2) is 0 Å². The number of hydrogen-bond acceptors (Lipinski definition) is 5. The Morgan fingerprint density at radius 1 is 0.838 bits per heavy atom. The molecule has 7 heteroatoms. The first-order valence-corrected chi connectivity index (χ1v) is 12.2. The summed E-state index contributed by atoms with van der Waals surface area (Å²) < 4.78 is 3.99. The highest BCUT2D eigenvalue weighted by Crippen LogP contribution is 2.35. The van der Waals surface area contributed by atoms with Crippen LogP contribution in [0.4, 0.5) is 11.8 Å². The molecule has 7 nitrogen and oxygen atoms in total. The van der Waals surface area contributed by atoms with Gasteiger partial charge in [-0.1, -0.05) is 60.7 Å². The maximum Gasteiger partial charge on any atom is 0.209 e. The van der Waals surface area contributed by atoms with Crippen LogP contribution in [0.25, 0.3) is 16.7 Å². The molecule has 6 rings (SSSR count). The quantitative estimate of drug-likeness (QED) is 0.298. The standard InChI is InChI=1S/C30H26N6O/c1-21-27(28(37)23-16-18-31-19-17-23)29(36(34-21)24-12-6-3-7-13-24)33-30-32-25-14-8-9-15-26(25)35(30)20-22-10-4-2-5-11-22/h2-19,28,37H,20H2,1H3,(H,32,33). The third-order valence-corrected chi connectivity index (χ3v) is 6.47. The van der Waals surface area contributed by atoms with E-state index in [1.54, 1.807) is 12.4 Å². The zero-order valence-corrected chi connectivity index (χ0v) is 20.4. The maximum atomic E-state index is 11.5. The van der Waals surface area contributed by atoms with Crippen molar-refractivity contribution in [2.45, 2.75) is 19.6 Å². The van der Waals surface area contributed by atoms with Gasteiger partial charge in [0.2, 0.25) is 5.95 Å². The Hall–Kier alpha value is -4.75. The largest absolute Gasteiger partial charge is 0.383 e. The second-order valence-electron chi connectivity index (χ2n) is 8.90. The number of hydrogen-bond donors (Lipinski definition) is 2. The van der Waals surface area contributed by atoms with Crippen molar-refractivity contribution in [1.82, 2.24) is 24.3 Å². The Morgan fingerprint density at radius 3 is 2.27 bits per heavy atom. The third kappa shape index (κ3) is 4.37. The van der Waals surface area contributed by atoms with Crippen LogP contribution in [0.3, 0.4) is 0 Å². The van der Waals surface area contributed by atoms with Crippen LogP contribution >= 0.6 is 0 Å². The first-order valence-electron chi connectivity index (χ1n) is 12.2. The monoisotopic (exact) mass is 486 g/mol. The minimum atomic E-state index is -0.894. The van der Waals surface area contributed by atoms with Crippen LogP contribution in [0.5, 0.6) is 0 Å². The lowest BCUT2D eigenvalue weighted by atomic mass is 10.0. The van der Waals surface area contributed by atoms with Crippen LogP contribution in [0.2, 0.25) is 0 Å². The highest BCUT2D eigenvalue weighted by atomic mass is 16.3. The minimum absolute atomic E-state index is 0.643. The van der Waals surface area contributed by atoms with Crippen molar-refractivity contribution in [1.29, 1.82) is 0 Å². The van der Waals surface area contributed by atoms with E-state index in [0.717, 1.165) is 28.0 Å². The van der Waals surface area contributed by atoms with E-state index in [-0.39, 0.29) is 0 Å². The van der Waals surface area contributed by atoms with E-state index in [4.69, 9.17) is 10.1 Å². The Labute approximate surface area is 214 Å². The second kappa shape index (κ2) is 9.72. The molecule has 0 radical (unpaired) electrons. The van der Waals surface area contributed by atoms with Gasteiger partial charge in [-0.15, -0.1) is 0 Å². The number of benzene rings is 3. The summed E-state index contributed by atoms with van der Waals surface area (Å²) in [5.41, 5.74) is 6.11. The van der Waals surface area contributed by atoms with Crippen molar-refractivity contribution in [3.8, 4) is 5.69 Å². The molecule has 0 saturated heterocycles. The third-order valence-electron chi connectivity index (χ3n) is 6.47. The molecule has 3 heterocycles. The number of aryl methyl sites for hydroxylation is 1. The minimum Gasteiger partial charge on any atom is -0.383 e. The van der Waals surface area contributed by atoms with E-state index in [0.29, 0.717) is 23.9 Å². The van der Waals surface area contributed by atoms with Crippen molar-refractivity contribution >= 4 is 22.8 Å². The normalized spacial score (nSPS) is 12.1. The number of imidazole rings is 1. The molecule has 37 heavy (non-hydrogen) atoms. The van der Waals surface area contributed by atoms with Crippen LogP contribution in [0, 0.1) is 6.92 Å². The van der Waals surface area contributed by atoms with Gasteiger partial charge in [-0.05, 0) is 54.4 Å². The number of anilines is 2. The molecule has 0 aliphatic carbocycles. The summed E-state index contributed by atoms with van der Waals surface area (Å²) >= 11 is 0. The van der Waals surface area contributed by atoms with Crippen LogP contribution in [0.15, 0.2) is 109 Å². The van der Waals surface area contributed by atoms with Crippen LogP contribution in [0.1, 0.15) is 28.5 Å². The van der Waals surface area contributed by atoms with Crippen molar-refractivity contribution in [3.63, 3.8) is 0 Å². The summed E-state index contributed by atoms with van der Waals surface area (Å²) in [6.07, 6.45) is 2.47. The summed E-state index contributed by atoms with van der Waals surface area (Å²) in [5, 5.41) is 19.9. The van der Waals surface area contributed by atoms with Gasteiger partial charge in [0.05, 0.1) is 34.5 Å². The average molecular weight is 487 g/mol. The van der Waals surface area contributed by atoms with E-state index < -0.39 is 6.10 Å². The lowest BCUT2D eigenvalue weighted by molar-refractivity contribution is 0.220. The molecular weight excluding hydrogens is 460 g/mol. The Balaban J connectivity index is 1.52.